The first kappa shape index (κ1) is 15.2. The van der Waals surface area contributed by atoms with Gasteiger partial charge in [0.1, 0.15) is 10.7 Å². The number of aromatic nitrogens is 1. The minimum atomic E-state index is -3.52. The molecule has 0 aromatic carbocycles. The van der Waals surface area contributed by atoms with Gasteiger partial charge in [-0.25, -0.2) is 13.4 Å². The van der Waals surface area contributed by atoms with Gasteiger partial charge in [0.25, 0.3) is 0 Å². The topological polar surface area (TPSA) is 71.5 Å². The Kier molecular flexibility index (Phi) is 4.62. The minimum absolute atomic E-state index is 0.0798. The van der Waals surface area contributed by atoms with E-state index in [4.69, 9.17) is 4.74 Å². The fourth-order valence-electron chi connectivity index (χ4n) is 2.36. The fraction of sp³-hybridized carbons (Fsp3) is 0.615. The van der Waals surface area contributed by atoms with Crippen molar-refractivity contribution in [2.45, 2.75) is 37.3 Å². The van der Waals surface area contributed by atoms with Gasteiger partial charge < -0.3 is 10.1 Å². The Hall–Kier alpha value is -1.18. The van der Waals surface area contributed by atoms with Crippen LogP contribution in [0.4, 0.5) is 5.82 Å². The van der Waals surface area contributed by atoms with E-state index < -0.39 is 10.0 Å². The number of nitrogens with zero attached hydrogens (tertiary/aromatic N) is 2. The molecule has 2 rings (SSSR count). The molecule has 1 saturated heterocycles. The number of sulfonamides is 1. The standard InChI is InChI=1S/C13H21N3O3S/c1-4-14-13-6-5-11(9-15-13)20(17,18)16(3)12-7-8-19-10(12)2/h5-6,9-10,12H,4,7-8H2,1-3H3,(H,14,15). The molecule has 1 aromatic rings. The molecule has 2 atom stereocenters. The van der Waals surface area contributed by atoms with Crippen LogP contribution < -0.4 is 5.32 Å². The zero-order valence-electron chi connectivity index (χ0n) is 12.0. The highest BCUT2D eigenvalue weighted by molar-refractivity contribution is 7.89. The summed E-state index contributed by atoms with van der Waals surface area (Å²) in [5.74, 6) is 0.673. The van der Waals surface area contributed by atoms with Gasteiger partial charge in [-0.15, -0.1) is 0 Å². The highest BCUT2D eigenvalue weighted by Crippen LogP contribution is 2.24. The summed E-state index contributed by atoms with van der Waals surface area (Å²) in [5.41, 5.74) is 0. The largest absolute Gasteiger partial charge is 0.377 e. The smallest absolute Gasteiger partial charge is 0.244 e. The van der Waals surface area contributed by atoms with Crippen LogP contribution in [-0.2, 0) is 14.8 Å². The maximum atomic E-state index is 12.5. The van der Waals surface area contributed by atoms with Gasteiger partial charge in [0.15, 0.2) is 0 Å². The van der Waals surface area contributed by atoms with Gasteiger partial charge in [-0.1, -0.05) is 0 Å². The molecule has 1 aliphatic heterocycles. The summed E-state index contributed by atoms with van der Waals surface area (Å²) in [6, 6.07) is 3.14. The molecule has 0 spiro atoms. The average Bonchev–Trinajstić information content (AvgIpc) is 2.85. The number of rotatable bonds is 5. The Morgan fingerprint density at radius 3 is 2.75 bits per heavy atom. The molecule has 0 aliphatic carbocycles. The Balaban J connectivity index is 2.20. The molecule has 2 unspecified atom stereocenters. The van der Waals surface area contributed by atoms with Crippen molar-refractivity contribution in [3.8, 4) is 0 Å². The Labute approximate surface area is 120 Å². The number of hydrogen-bond donors (Lipinski definition) is 1. The average molecular weight is 299 g/mol. The van der Waals surface area contributed by atoms with E-state index in [9.17, 15) is 8.42 Å². The zero-order valence-corrected chi connectivity index (χ0v) is 12.9. The molecule has 7 heteroatoms. The number of hydrogen-bond acceptors (Lipinski definition) is 5. The first-order valence-corrected chi connectivity index (χ1v) is 8.20. The number of pyridine rings is 1. The summed E-state index contributed by atoms with van der Waals surface area (Å²) in [7, 11) is -1.92. The van der Waals surface area contributed by atoms with E-state index in [-0.39, 0.29) is 17.0 Å². The Morgan fingerprint density at radius 1 is 1.50 bits per heavy atom. The van der Waals surface area contributed by atoms with E-state index >= 15 is 0 Å². The summed E-state index contributed by atoms with van der Waals surface area (Å²) in [6.45, 7) is 5.21. The summed E-state index contributed by atoms with van der Waals surface area (Å²) in [5, 5.41) is 3.04. The summed E-state index contributed by atoms with van der Waals surface area (Å²) in [6.07, 6.45) is 2.04. The van der Waals surface area contributed by atoms with Crippen LogP contribution in [-0.4, -0.2) is 50.1 Å². The van der Waals surface area contributed by atoms with Crippen LogP contribution in [0.1, 0.15) is 20.3 Å². The van der Waals surface area contributed by atoms with E-state index in [1.165, 1.54) is 10.5 Å². The van der Waals surface area contributed by atoms with E-state index in [0.717, 1.165) is 13.0 Å². The van der Waals surface area contributed by atoms with Gasteiger partial charge in [0, 0.05) is 26.4 Å². The molecule has 112 valence electrons. The molecular weight excluding hydrogens is 278 g/mol. The lowest BCUT2D eigenvalue weighted by Crippen LogP contribution is -2.40. The van der Waals surface area contributed by atoms with Crippen LogP contribution in [0.15, 0.2) is 23.2 Å². The molecular formula is C13H21N3O3S. The highest BCUT2D eigenvalue weighted by atomic mass is 32.2. The van der Waals surface area contributed by atoms with Crippen molar-refractivity contribution in [1.29, 1.82) is 0 Å². The van der Waals surface area contributed by atoms with E-state index in [0.29, 0.717) is 12.4 Å². The normalized spacial score (nSPS) is 23.2. The van der Waals surface area contributed by atoms with Crippen LogP contribution in [0.2, 0.25) is 0 Å². The molecule has 1 aromatic heterocycles. The van der Waals surface area contributed by atoms with Crippen LogP contribution in [0.5, 0.6) is 0 Å². The summed E-state index contributed by atoms with van der Waals surface area (Å²) in [4.78, 5) is 4.32. The van der Waals surface area contributed by atoms with E-state index in [1.807, 2.05) is 13.8 Å². The molecule has 1 N–H and O–H groups in total. The molecule has 0 amide bonds. The van der Waals surface area contributed by atoms with Crippen molar-refractivity contribution in [2.75, 3.05) is 25.5 Å². The van der Waals surface area contributed by atoms with Crippen LogP contribution in [0.25, 0.3) is 0 Å². The number of likely N-dealkylation sites (N-methyl/N-ethyl adjacent to an activating group) is 1. The monoisotopic (exact) mass is 299 g/mol. The van der Waals surface area contributed by atoms with Crippen molar-refractivity contribution in [2.24, 2.45) is 0 Å². The van der Waals surface area contributed by atoms with Crippen molar-refractivity contribution >= 4 is 15.8 Å². The van der Waals surface area contributed by atoms with Gasteiger partial charge in [-0.05, 0) is 32.4 Å². The SMILES string of the molecule is CCNc1ccc(S(=O)(=O)N(C)C2CCOC2C)cn1. The van der Waals surface area contributed by atoms with Crippen LogP contribution in [0.3, 0.4) is 0 Å². The van der Waals surface area contributed by atoms with Crippen LogP contribution in [0, 0.1) is 0 Å². The molecule has 0 radical (unpaired) electrons. The van der Waals surface area contributed by atoms with Gasteiger partial charge in [-0.2, -0.15) is 4.31 Å². The Bertz CT molecular complexity index is 544. The molecule has 1 aliphatic rings. The quantitative estimate of drug-likeness (QED) is 0.887. The van der Waals surface area contributed by atoms with Crippen LogP contribution >= 0.6 is 0 Å². The van der Waals surface area contributed by atoms with Crippen molar-refractivity contribution in [3.63, 3.8) is 0 Å². The van der Waals surface area contributed by atoms with Crippen molar-refractivity contribution in [1.82, 2.24) is 9.29 Å². The molecule has 2 heterocycles. The third-order valence-corrected chi connectivity index (χ3v) is 5.44. The number of ether oxygens (including phenoxy) is 1. The zero-order chi connectivity index (χ0) is 14.8. The highest BCUT2D eigenvalue weighted by Gasteiger charge is 2.35. The van der Waals surface area contributed by atoms with E-state index in [2.05, 4.69) is 10.3 Å². The first-order valence-electron chi connectivity index (χ1n) is 6.76. The predicted molar refractivity (Wildman–Crippen MR) is 77.2 cm³/mol. The second-order valence-electron chi connectivity index (χ2n) is 4.86. The molecule has 20 heavy (non-hydrogen) atoms. The predicted octanol–water partition coefficient (Wildman–Crippen LogP) is 1.31. The van der Waals surface area contributed by atoms with Gasteiger partial charge >= 0.3 is 0 Å². The lowest BCUT2D eigenvalue weighted by Gasteiger charge is -2.25. The molecule has 6 nitrogen and oxygen atoms in total. The van der Waals surface area contributed by atoms with Crippen molar-refractivity contribution in [3.05, 3.63) is 18.3 Å². The van der Waals surface area contributed by atoms with E-state index in [1.54, 1.807) is 19.2 Å². The Morgan fingerprint density at radius 2 is 2.25 bits per heavy atom. The maximum absolute atomic E-state index is 12.5. The summed E-state index contributed by atoms with van der Waals surface area (Å²) >= 11 is 0. The third-order valence-electron chi connectivity index (χ3n) is 3.57. The van der Waals surface area contributed by atoms with Gasteiger partial charge in [-0.3, -0.25) is 0 Å². The van der Waals surface area contributed by atoms with Crippen molar-refractivity contribution < 1.29 is 13.2 Å². The second kappa shape index (κ2) is 6.07. The lowest BCUT2D eigenvalue weighted by molar-refractivity contribution is 0.102. The number of nitrogens with one attached hydrogen (secondary N) is 1. The second-order valence-corrected chi connectivity index (χ2v) is 6.86. The summed E-state index contributed by atoms with van der Waals surface area (Å²) < 4.78 is 31.9. The molecule has 0 bridgehead atoms. The first-order chi connectivity index (χ1) is 9.46. The third kappa shape index (κ3) is 2.94. The van der Waals surface area contributed by atoms with Gasteiger partial charge in [0.05, 0.1) is 12.1 Å². The lowest BCUT2D eigenvalue weighted by atomic mass is 10.2. The fourth-order valence-corrected chi connectivity index (χ4v) is 3.75. The number of anilines is 1. The van der Waals surface area contributed by atoms with Gasteiger partial charge in [0.2, 0.25) is 10.0 Å². The molecule has 1 fully saturated rings. The minimum Gasteiger partial charge on any atom is -0.377 e. The maximum Gasteiger partial charge on any atom is 0.244 e. The molecule has 0 saturated carbocycles.